The summed E-state index contributed by atoms with van der Waals surface area (Å²) in [4.78, 5) is 0. The van der Waals surface area contributed by atoms with Crippen molar-refractivity contribution in [1.29, 1.82) is 0 Å². The molecule has 42 valence electrons. The molecule has 0 N–H and O–H groups in total. The lowest BCUT2D eigenvalue weighted by atomic mass is 10.4. The van der Waals surface area contributed by atoms with E-state index in [4.69, 9.17) is 0 Å². The minimum atomic E-state index is 0.758. The van der Waals surface area contributed by atoms with Gasteiger partial charge in [-0.2, -0.15) is 5.11 Å². The molecule has 1 heterocycles. The Hall–Kier alpha value is -0.990. The molecule has 0 bridgehead atoms. The third-order valence-electron chi connectivity index (χ3n) is 0.799. The van der Waals surface area contributed by atoms with Crippen LogP contribution < -0.4 is 0 Å². The van der Waals surface area contributed by atoms with Gasteiger partial charge in [0.25, 0.3) is 0 Å². The van der Waals surface area contributed by atoms with Gasteiger partial charge in [-0.15, -0.1) is 5.10 Å². The third-order valence-corrected chi connectivity index (χ3v) is 0.799. The highest BCUT2D eigenvalue weighted by molar-refractivity contribution is 5.70. The maximum Gasteiger partial charge on any atom is 0.0655 e. The van der Waals surface area contributed by atoms with E-state index in [1.165, 1.54) is 0 Å². The van der Waals surface area contributed by atoms with Crippen LogP contribution in [-0.2, 0) is 0 Å². The normalized spacial score (nSPS) is 26.0. The summed E-state index contributed by atoms with van der Waals surface area (Å²) in [6.45, 7) is 0.758. The number of rotatable bonds is 0. The van der Waals surface area contributed by atoms with Gasteiger partial charge in [-0.3, -0.25) is 0 Å². The van der Waals surface area contributed by atoms with Crippen LogP contribution >= 0.6 is 0 Å². The highest BCUT2D eigenvalue weighted by atomic mass is 15.4. The fourth-order valence-electron chi connectivity index (χ4n) is 0.439. The Morgan fingerprint density at radius 2 is 2.38 bits per heavy atom. The molecular weight excluding hydrogens is 102 g/mol. The van der Waals surface area contributed by atoms with E-state index in [-0.39, 0.29) is 0 Å². The zero-order valence-corrected chi connectivity index (χ0v) is 4.49. The van der Waals surface area contributed by atoms with Crippen molar-refractivity contribution in [3.8, 4) is 0 Å². The standard InChI is InChI=1S/C5H7N3/c1-2-4-6-8-7-5-3-1/h1-2,4H,3,5H2/b2-1-,6-4-,8-7?. The topological polar surface area (TPSA) is 37.1 Å². The molecule has 0 aromatic heterocycles. The number of nitrogens with zero attached hydrogens (tertiary/aromatic N) is 3. The summed E-state index contributed by atoms with van der Waals surface area (Å²) < 4.78 is 0. The summed E-state index contributed by atoms with van der Waals surface area (Å²) in [7, 11) is 0. The fraction of sp³-hybridized carbons (Fsp3) is 0.400. The Bertz CT molecular complexity index is 119. The van der Waals surface area contributed by atoms with Crippen molar-refractivity contribution in [1.82, 2.24) is 0 Å². The monoisotopic (exact) mass is 109 g/mol. The molecule has 0 spiro atoms. The Balaban J connectivity index is 2.51. The molecule has 1 aliphatic rings. The molecule has 0 saturated carbocycles. The summed E-state index contributed by atoms with van der Waals surface area (Å²) in [5.74, 6) is 0. The average Bonchev–Trinajstić information content (AvgIpc) is 1.62. The van der Waals surface area contributed by atoms with E-state index in [2.05, 4.69) is 15.4 Å². The van der Waals surface area contributed by atoms with Crippen LogP contribution in [0.3, 0.4) is 0 Å². The zero-order valence-electron chi connectivity index (χ0n) is 4.49. The lowest BCUT2D eigenvalue weighted by molar-refractivity contribution is 0.875. The molecular formula is C5H7N3. The van der Waals surface area contributed by atoms with E-state index >= 15 is 0 Å². The van der Waals surface area contributed by atoms with Gasteiger partial charge in [-0.05, 0) is 17.7 Å². The molecule has 0 radical (unpaired) electrons. The first-order valence-electron chi connectivity index (χ1n) is 2.55. The summed E-state index contributed by atoms with van der Waals surface area (Å²) >= 11 is 0. The summed E-state index contributed by atoms with van der Waals surface area (Å²) in [6.07, 6.45) is 6.48. The molecule has 1 aliphatic heterocycles. The average molecular weight is 109 g/mol. The second kappa shape index (κ2) is 3.07. The second-order valence-electron chi connectivity index (χ2n) is 1.44. The summed E-state index contributed by atoms with van der Waals surface area (Å²) in [5.41, 5.74) is 0. The summed E-state index contributed by atoms with van der Waals surface area (Å²) in [6, 6.07) is 0. The van der Waals surface area contributed by atoms with E-state index in [1.807, 2.05) is 12.2 Å². The highest BCUT2D eigenvalue weighted by Gasteiger charge is 1.77. The van der Waals surface area contributed by atoms with Gasteiger partial charge < -0.3 is 0 Å². The van der Waals surface area contributed by atoms with Gasteiger partial charge in [0, 0.05) is 0 Å². The molecule has 0 atom stereocenters. The van der Waals surface area contributed by atoms with Gasteiger partial charge in [0.05, 0.1) is 12.8 Å². The SMILES string of the molecule is C1=C\CCN=N\N=C/1. The lowest BCUT2D eigenvalue weighted by Crippen LogP contribution is -1.76. The molecule has 0 aromatic rings. The molecule has 0 aliphatic carbocycles. The largest absolute Gasteiger partial charge is 0.169 e. The van der Waals surface area contributed by atoms with Gasteiger partial charge >= 0.3 is 0 Å². The molecule has 0 fully saturated rings. The van der Waals surface area contributed by atoms with Crippen molar-refractivity contribution < 1.29 is 0 Å². The van der Waals surface area contributed by atoms with Gasteiger partial charge in [-0.1, -0.05) is 6.08 Å². The van der Waals surface area contributed by atoms with E-state index in [0.29, 0.717) is 0 Å². The number of hydrogen-bond donors (Lipinski definition) is 0. The van der Waals surface area contributed by atoms with Crippen LogP contribution in [0.1, 0.15) is 6.42 Å². The third kappa shape index (κ3) is 1.64. The predicted octanol–water partition coefficient (Wildman–Crippen LogP) is 1.38. The van der Waals surface area contributed by atoms with Crippen LogP contribution in [0.15, 0.2) is 27.6 Å². The Morgan fingerprint density at radius 1 is 1.38 bits per heavy atom. The van der Waals surface area contributed by atoms with Crippen LogP contribution in [0.5, 0.6) is 0 Å². The molecule has 8 heavy (non-hydrogen) atoms. The highest BCUT2D eigenvalue weighted by Crippen LogP contribution is 1.88. The smallest absolute Gasteiger partial charge is 0.0655 e. The van der Waals surface area contributed by atoms with Crippen molar-refractivity contribution >= 4 is 6.21 Å². The molecule has 1 rings (SSSR count). The van der Waals surface area contributed by atoms with Crippen molar-refractivity contribution in [3.63, 3.8) is 0 Å². The summed E-state index contributed by atoms with van der Waals surface area (Å²) in [5, 5.41) is 10.8. The van der Waals surface area contributed by atoms with Gasteiger partial charge in [0.2, 0.25) is 0 Å². The van der Waals surface area contributed by atoms with E-state index in [1.54, 1.807) is 6.21 Å². The molecule has 0 aromatic carbocycles. The first-order chi connectivity index (χ1) is 4.00. The number of hydrogen-bond acceptors (Lipinski definition) is 3. The first kappa shape index (κ1) is 5.15. The van der Waals surface area contributed by atoms with Crippen molar-refractivity contribution in [2.75, 3.05) is 6.54 Å². The molecule has 0 saturated heterocycles. The minimum absolute atomic E-state index is 0.758. The fourth-order valence-corrected chi connectivity index (χ4v) is 0.439. The predicted molar refractivity (Wildman–Crippen MR) is 32.0 cm³/mol. The van der Waals surface area contributed by atoms with Crippen molar-refractivity contribution in [2.24, 2.45) is 15.4 Å². The molecule has 3 heteroatoms. The lowest BCUT2D eigenvalue weighted by Gasteiger charge is -1.84. The van der Waals surface area contributed by atoms with Crippen LogP contribution in [0, 0.1) is 0 Å². The quantitative estimate of drug-likeness (QED) is 0.450. The van der Waals surface area contributed by atoms with Gasteiger partial charge in [-0.25, -0.2) is 0 Å². The van der Waals surface area contributed by atoms with Gasteiger partial charge in [0.1, 0.15) is 0 Å². The number of allylic oxidation sites excluding steroid dienone is 1. The van der Waals surface area contributed by atoms with E-state index in [9.17, 15) is 0 Å². The zero-order chi connectivity index (χ0) is 5.66. The first-order valence-corrected chi connectivity index (χ1v) is 2.55. The Labute approximate surface area is 47.8 Å². The molecule has 0 unspecified atom stereocenters. The maximum absolute atomic E-state index is 3.71. The Morgan fingerprint density at radius 3 is 3.38 bits per heavy atom. The van der Waals surface area contributed by atoms with E-state index in [0.717, 1.165) is 13.0 Å². The molecule has 0 amide bonds. The van der Waals surface area contributed by atoms with Gasteiger partial charge in [0.15, 0.2) is 0 Å². The van der Waals surface area contributed by atoms with E-state index < -0.39 is 0 Å². The molecule has 3 nitrogen and oxygen atoms in total. The van der Waals surface area contributed by atoms with Crippen molar-refractivity contribution in [2.45, 2.75) is 6.42 Å². The van der Waals surface area contributed by atoms with Crippen LogP contribution in [0.4, 0.5) is 0 Å². The minimum Gasteiger partial charge on any atom is -0.169 e. The van der Waals surface area contributed by atoms with Crippen molar-refractivity contribution in [3.05, 3.63) is 12.2 Å². The second-order valence-corrected chi connectivity index (χ2v) is 1.44. The van der Waals surface area contributed by atoms with Crippen LogP contribution in [0.25, 0.3) is 0 Å². The van der Waals surface area contributed by atoms with Crippen LogP contribution in [-0.4, -0.2) is 12.8 Å². The van der Waals surface area contributed by atoms with Crippen LogP contribution in [0.2, 0.25) is 0 Å². The maximum atomic E-state index is 3.71. The Kier molecular flexibility index (Phi) is 1.98.